The zero-order chi connectivity index (χ0) is 16.1. The van der Waals surface area contributed by atoms with Crippen LogP contribution in [0.15, 0.2) is 61.2 Å². The second-order valence-corrected chi connectivity index (χ2v) is 5.52. The summed E-state index contributed by atoms with van der Waals surface area (Å²) >= 11 is 0. The van der Waals surface area contributed by atoms with Gasteiger partial charge in [-0.1, -0.05) is 62.4 Å². The molecule has 1 aromatic heterocycles. The molecule has 0 saturated heterocycles. The molecule has 3 aromatic rings. The Hall–Kier alpha value is -2.68. The normalized spacial score (nSPS) is 10.5. The van der Waals surface area contributed by atoms with E-state index < -0.39 is 0 Å². The van der Waals surface area contributed by atoms with E-state index in [1.54, 1.807) is 17.3 Å². The molecule has 0 fully saturated rings. The lowest BCUT2D eigenvalue weighted by molar-refractivity contribution is 0.934. The fourth-order valence-electron chi connectivity index (χ4n) is 2.57. The molecule has 0 aliphatic heterocycles. The van der Waals surface area contributed by atoms with Gasteiger partial charge in [-0.15, -0.1) is 0 Å². The number of benzene rings is 2. The molecule has 0 radical (unpaired) electrons. The van der Waals surface area contributed by atoms with Crippen molar-refractivity contribution in [3.63, 3.8) is 0 Å². The molecule has 3 heteroatoms. The summed E-state index contributed by atoms with van der Waals surface area (Å²) in [5.41, 5.74) is 6.19. The smallest absolute Gasteiger partial charge is 0.138 e. The van der Waals surface area contributed by atoms with E-state index in [1.165, 1.54) is 22.3 Å². The predicted octanol–water partition coefficient (Wildman–Crippen LogP) is 4.45. The summed E-state index contributed by atoms with van der Waals surface area (Å²) in [7, 11) is 0. The van der Waals surface area contributed by atoms with Gasteiger partial charge in [-0.2, -0.15) is 5.10 Å². The third-order valence-corrected chi connectivity index (χ3v) is 4.04. The average Bonchev–Trinajstić information content (AvgIpc) is 3.13. The van der Waals surface area contributed by atoms with E-state index in [9.17, 15) is 0 Å². The van der Waals surface area contributed by atoms with Crippen LogP contribution in [0, 0.1) is 0 Å². The van der Waals surface area contributed by atoms with Gasteiger partial charge >= 0.3 is 0 Å². The Labute approximate surface area is 137 Å². The molecule has 0 saturated carbocycles. The van der Waals surface area contributed by atoms with E-state index in [4.69, 9.17) is 0 Å². The molecule has 23 heavy (non-hydrogen) atoms. The standard InChI is InChI=1S/C20H21N3/c1-3-16-5-9-18(10-6-16)20(13-23-15-21-14-22-23)19-11-7-17(4-2)8-12-19/h5-15H,3-4H2,1-2H3. The molecule has 116 valence electrons. The molecular formula is C20H21N3. The van der Waals surface area contributed by atoms with Crippen LogP contribution in [0.1, 0.15) is 36.1 Å². The van der Waals surface area contributed by atoms with Crippen molar-refractivity contribution in [3.8, 4) is 0 Å². The minimum atomic E-state index is 1.05. The minimum Gasteiger partial charge on any atom is -0.228 e. The van der Waals surface area contributed by atoms with Crippen molar-refractivity contribution in [1.82, 2.24) is 14.8 Å². The van der Waals surface area contributed by atoms with Gasteiger partial charge in [-0.25, -0.2) is 9.67 Å². The van der Waals surface area contributed by atoms with Crippen LogP contribution in [0.4, 0.5) is 0 Å². The van der Waals surface area contributed by atoms with Crippen molar-refractivity contribution in [2.45, 2.75) is 26.7 Å². The van der Waals surface area contributed by atoms with Gasteiger partial charge in [0, 0.05) is 11.8 Å². The maximum absolute atomic E-state index is 4.20. The zero-order valence-electron chi connectivity index (χ0n) is 13.6. The van der Waals surface area contributed by atoms with Gasteiger partial charge in [0.05, 0.1) is 0 Å². The van der Waals surface area contributed by atoms with Crippen LogP contribution in [-0.4, -0.2) is 14.8 Å². The van der Waals surface area contributed by atoms with Gasteiger partial charge in [0.15, 0.2) is 0 Å². The van der Waals surface area contributed by atoms with Crippen molar-refractivity contribution in [3.05, 3.63) is 83.4 Å². The molecule has 2 aromatic carbocycles. The van der Waals surface area contributed by atoms with E-state index in [1.807, 2.05) is 6.20 Å². The van der Waals surface area contributed by atoms with Gasteiger partial charge in [0.1, 0.15) is 12.7 Å². The summed E-state index contributed by atoms with van der Waals surface area (Å²) in [6.45, 7) is 4.34. The van der Waals surface area contributed by atoms with Gasteiger partial charge in [0.2, 0.25) is 0 Å². The van der Waals surface area contributed by atoms with E-state index in [0.29, 0.717) is 0 Å². The molecule has 0 amide bonds. The minimum absolute atomic E-state index is 1.05. The van der Waals surface area contributed by atoms with Crippen LogP contribution in [0.25, 0.3) is 11.8 Å². The summed E-state index contributed by atoms with van der Waals surface area (Å²) in [5, 5.41) is 4.20. The Balaban J connectivity index is 2.05. The highest BCUT2D eigenvalue weighted by atomic mass is 15.3. The fraction of sp³-hybridized carbons (Fsp3) is 0.200. The van der Waals surface area contributed by atoms with E-state index >= 15 is 0 Å². The summed E-state index contributed by atoms with van der Waals surface area (Å²) in [6, 6.07) is 17.4. The largest absolute Gasteiger partial charge is 0.228 e. The lowest BCUT2D eigenvalue weighted by Gasteiger charge is -2.10. The molecule has 0 spiro atoms. The van der Waals surface area contributed by atoms with Crippen LogP contribution < -0.4 is 0 Å². The van der Waals surface area contributed by atoms with E-state index in [2.05, 4.69) is 72.5 Å². The Morgan fingerprint density at radius 1 is 0.870 bits per heavy atom. The quantitative estimate of drug-likeness (QED) is 0.697. The SMILES string of the molecule is CCc1ccc(C(=Cn2cncn2)c2ccc(CC)cc2)cc1. The highest BCUT2D eigenvalue weighted by Gasteiger charge is 2.06. The average molecular weight is 303 g/mol. The summed E-state index contributed by atoms with van der Waals surface area (Å²) in [5.74, 6) is 0. The summed E-state index contributed by atoms with van der Waals surface area (Å²) < 4.78 is 1.75. The first-order valence-electron chi connectivity index (χ1n) is 8.04. The van der Waals surface area contributed by atoms with Gasteiger partial charge < -0.3 is 0 Å². The fourth-order valence-corrected chi connectivity index (χ4v) is 2.57. The Morgan fingerprint density at radius 3 is 1.78 bits per heavy atom. The molecule has 0 unspecified atom stereocenters. The summed E-state index contributed by atoms with van der Waals surface area (Å²) in [4.78, 5) is 4.02. The number of hydrogen-bond acceptors (Lipinski definition) is 2. The van der Waals surface area contributed by atoms with E-state index in [-0.39, 0.29) is 0 Å². The molecule has 0 N–H and O–H groups in total. The molecule has 3 rings (SSSR count). The van der Waals surface area contributed by atoms with Gasteiger partial charge in [-0.3, -0.25) is 0 Å². The number of rotatable bonds is 5. The monoisotopic (exact) mass is 303 g/mol. The number of aryl methyl sites for hydroxylation is 2. The molecule has 0 aliphatic rings. The van der Waals surface area contributed by atoms with Gasteiger partial charge in [-0.05, 0) is 35.1 Å². The third kappa shape index (κ3) is 3.57. The molecule has 3 nitrogen and oxygen atoms in total. The predicted molar refractivity (Wildman–Crippen MR) is 94.9 cm³/mol. The van der Waals surface area contributed by atoms with Crippen molar-refractivity contribution >= 4 is 11.8 Å². The second kappa shape index (κ2) is 7.05. The molecule has 0 bridgehead atoms. The Bertz CT molecular complexity index is 717. The maximum atomic E-state index is 4.20. The van der Waals surface area contributed by atoms with E-state index in [0.717, 1.165) is 18.4 Å². The van der Waals surface area contributed by atoms with Crippen molar-refractivity contribution in [2.75, 3.05) is 0 Å². The van der Waals surface area contributed by atoms with Crippen LogP contribution in [0.5, 0.6) is 0 Å². The van der Waals surface area contributed by atoms with Crippen molar-refractivity contribution in [2.24, 2.45) is 0 Å². The lowest BCUT2D eigenvalue weighted by atomic mass is 9.96. The van der Waals surface area contributed by atoms with Crippen LogP contribution in [-0.2, 0) is 12.8 Å². The van der Waals surface area contributed by atoms with Gasteiger partial charge in [0.25, 0.3) is 0 Å². The molecular weight excluding hydrogens is 282 g/mol. The maximum Gasteiger partial charge on any atom is 0.138 e. The zero-order valence-corrected chi connectivity index (χ0v) is 13.6. The molecule has 0 aliphatic carbocycles. The number of aromatic nitrogens is 3. The van der Waals surface area contributed by atoms with Crippen LogP contribution in [0.3, 0.4) is 0 Å². The lowest BCUT2D eigenvalue weighted by Crippen LogP contribution is -1.94. The Kier molecular flexibility index (Phi) is 4.67. The van der Waals surface area contributed by atoms with Crippen LogP contribution in [0.2, 0.25) is 0 Å². The summed E-state index contributed by atoms with van der Waals surface area (Å²) in [6.07, 6.45) is 7.38. The third-order valence-electron chi connectivity index (χ3n) is 4.04. The van der Waals surface area contributed by atoms with Crippen molar-refractivity contribution < 1.29 is 0 Å². The van der Waals surface area contributed by atoms with Crippen molar-refractivity contribution in [1.29, 1.82) is 0 Å². The number of hydrogen-bond donors (Lipinski definition) is 0. The first-order chi connectivity index (χ1) is 11.3. The first-order valence-corrected chi connectivity index (χ1v) is 8.04. The first kappa shape index (κ1) is 15.2. The second-order valence-electron chi connectivity index (χ2n) is 5.52. The molecule has 1 heterocycles. The highest BCUT2D eigenvalue weighted by Crippen LogP contribution is 2.25. The van der Waals surface area contributed by atoms with Crippen LogP contribution >= 0.6 is 0 Å². The highest BCUT2D eigenvalue weighted by molar-refractivity contribution is 5.87. The topological polar surface area (TPSA) is 30.7 Å². The number of nitrogens with zero attached hydrogens (tertiary/aromatic N) is 3. The molecule has 0 atom stereocenters. The Morgan fingerprint density at radius 2 is 1.39 bits per heavy atom.